The van der Waals surface area contributed by atoms with Gasteiger partial charge in [0.15, 0.2) is 6.61 Å². The summed E-state index contributed by atoms with van der Waals surface area (Å²) in [5.74, 6) is -1.31. The summed E-state index contributed by atoms with van der Waals surface area (Å²) in [5.41, 5.74) is 1.83. The zero-order chi connectivity index (χ0) is 24.7. The van der Waals surface area contributed by atoms with Crippen LogP contribution in [0, 0.1) is 0 Å². The molecule has 3 aromatic carbocycles. The highest BCUT2D eigenvalue weighted by Gasteiger charge is 2.22. The summed E-state index contributed by atoms with van der Waals surface area (Å²) in [6.45, 7) is -0.527. The highest BCUT2D eigenvalue weighted by molar-refractivity contribution is 7.94. The molecule has 1 aromatic heterocycles. The van der Waals surface area contributed by atoms with Crippen LogP contribution in [-0.4, -0.2) is 26.9 Å². The van der Waals surface area contributed by atoms with E-state index in [-0.39, 0.29) is 15.5 Å². The smallest absolute Gasteiger partial charge is 0.340 e. The topological polar surface area (TPSA) is 102 Å². The standard InChI is InChI=1S/C26H22N2O5S2/c29-23(27-25(19-10-3-1-4-11-19)20-12-5-2-6-13-20)18-33-26(30)21-14-7-8-15-22(21)28-35(31,32)24-16-9-17-34-24/h1-17,25,28H,18H2,(H,27,29). The van der Waals surface area contributed by atoms with Gasteiger partial charge >= 0.3 is 5.97 Å². The van der Waals surface area contributed by atoms with Crippen molar-refractivity contribution in [2.45, 2.75) is 10.3 Å². The van der Waals surface area contributed by atoms with Gasteiger partial charge in [-0.3, -0.25) is 9.52 Å². The molecule has 4 rings (SSSR count). The summed E-state index contributed by atoms with van der Waals surface area (Å²) in [7, 11) is -3.85. The molecule has 7 nitrogen and oxygen atoms in total. The number of hydrogen-bond donors (Lipinski definition) is 2. The van der Waals surface area contributed by atoms with Crippen molar-refractivity contribution in [3.63, 3.8) is 0 Å². The predicted octanol–water partition coefficient (Wildman–Crippen LogP) is 4.61. The Morgan fingerprint density at radius 2 is 1.40 bits per heavy atom. The lowest BCUT2D eigenvalue weighted by molar-refractivity contribution is -0.124. The number of carbonyl (C=O) groups excluding carboxylic acids is 2. The minimum absolute atomic E-state index is 0.00287. The first-order valence-corrected chi connectivity index (χ1v) is 13.0. The van der Waals surface area contributed by atoms with Gasteiger partial charge in [0.2, 0.25) is 0 Å². The van der Waals surface area contributed by atoms with Crippen molar-refractivity contribution >= 4 is 38.9 Å². The molecule has 4 aromatic rings. The highest BCUT2D eigenvalue weighted by atomic mass is 32.2. The Hall–Kier alpha value is -3.95. The van der Waals surface area contributed by atoms with Crippen LogP contribution in [0.3, 0.4) is 0 Å². The van der Waals surface area contributed by atoms with Crippen molar-refractivity contribution in [3.05, 3.63) is 119 Å². The van der Waals surface area contributed by atoms with E-state index in [1.807, 2.05) is 60.7 Å². The van der Waals surface area contributed by atoms with Gasteiger partial charge in [0.1, 0.15) is 4.21 Å². The number of anilines is 1. The molecular formula is C26H22N2O5S2. The summed E-state index contributed by atoms with van der Waals surface area (Å²) in [5, 5.41) is 4.55. The minimum Gasteiger partial charge on any atom is -0.452 e. The lowest BCUT2D eigenvalue weighted by Crippen LogP contribution is -2.33. The van der Waals surface area contributed by atoms with Crippen LogP contribution in [0.25, 0.3) is 0 Å². The second-order valence-corrected chi connectivity index (χ2v) is 10.3. The van der Waals surface area contributed by atoms with Crippen molar-refractivity contribution < 1.29 is 22.7 Å². The van der Waals surface area contributed by atoms with Gasteiger partial charge in [-0.05, 0) is 34.7 Å². The van der Waals surface area contributed by atoms with Crippen LogP contribution in [0.1, 0.15) is 27.5 Å². The van der Waals surface area contributed by atoms with Gasteiger partial charge in [-0.1, -0.05) is 78.9 Å². The Bertz CT molecular complexity index is 1350. The molecule has 0 saturated heterocycles. The van der Waals surface area contributed by atoms with Crippen molar-refractivity contribution in [2.24, 2.45) is 0 Å². The third-order valence-electron chi connectivity index (χ3n) is 5.06. The van der Waals surface area contributed by atoms with Crippen molar-refractivity contribution in [1.29, 1.82) is 0 Å². The van der Waals surface area contributed by atoms with Crippen molar-refractivity contribution in [2.75, 3.05) is 11.3 Å². The number of sulfonamides is 1. The van der Waals surface area contributed by atoms with Crippen LogP contribution in [-0.2, 0) is 19.6 Å². The number of hydrogen-bond acceptors (Lipinski definition) is 6. The summed E-state index contributed by atoms with van der Waals surface area (Å²) in [6, 6.07) is 27.7. The van der Waals surface area contributed by atoms with E-state index in [0.717, 1.165) is 22.5 Å². The van der Waals surface area contributed by atoms with Gasteiger partial charge in [0.25, 0.3) is 15.9 Å². The molecule has 0 aliphatic heterocycles. The Morgan fingerprint density at radius 1 is 0.800 bits per heavy atom. The zero-order valence-corrected chi connectivity index (χ0v) is 20.1. The summed E-state index contributed by atoms with van der Waals surface area (Å²) in [6.07, 6.45) is 0. The summed E-state index contributed by atoms with van der Waals surface area (Å²) >= 11 is 1.06. The number of ether oxygens (including phenoxy) is 1. The monoisotopic (exact) mass is 506 g/mol. The van der Waals surface area contributed by atoms with E-state index < -0.39 is 34.5 Å². The lowest BCUT2D eigenvalue weighted by atomic mass is 9.99. The second-order valence-electron chi connectivity index (χ2n) is 7.48. The SMILES string of the molecule is O=C(COC(=O)c1ccccc1NS(=O)(=O)c1cccs1)NC(c1ccccc1)c1ccccc1. The number of esters is 1. The maximum absolute atomic E-state index is 12.7. The number of rotatable bonds is 9. The molecule has 2 N–H and O–H groups in total. The van der Waals surface area contributed by atoms with Gasteiger partial charge in [0, 0.05) is 0 Å². The lowest BCUT2D eigenvalue weighted by Gasteiger charge is -2.20. The van der Waals surface area contributed by atoms with E-state index in [0.29, 0.717) is 0 Å². The van der Waals surface area contributed by atoms with E-state index in [2.05, 4.69) is 10.0 Å². The van der Waals surface area contributed by atoms with Gasteiger partial charge < -0.3 is 10.1 Å². The molecule has 9 heteroatoms. The summed E-state index contributed by atoms with van der Waals surface area (Å²) in [4.78, 5) is 25.4. The van der Waals surface area contributed by atoms with Crippen LogP contribution >= 0.6 is 11.3 Å². The highest BCUT2D eigenvalue weighted by Crippen LogP contribution is 2.24. The fraction of sp³-hybridized carbons (Fsp3) is 0.0769. The largest absolute Gasteiger partial charge is 0.452 e. The van der Waals surface area contributed by atoms with Crippen LogP contribution in [0.4, 0.5) is 5.69 Å². The normalized spacial score (nSPS) is 11.1. The van der Waals surface area contributed by atoms with E-state index in [4.69, 9.17) is 4.74 Å². The maximum atomic E-state index is 12.7. The molecule has 1 heterocycles. The Balaban J connectivity index is 1.44. The predicted molar refractivity (Wildman–Crippen MR) is 135 cm³/mol. The van der Waals surface area contributed by atoms with Crippen LogP contribution in [0.5, 0.6) is 0 Å². The van der Waals surface area contributed by atoms with Crippen LogP contribution < -0.4 is 10.0 Å². The first-order valence-electron chi connectivity index (χ1n) is 10.7. The minimum atomic E-state index is -3.85. The molecule has 0 radical (unpaired) electrons. The zero-order valence-electron chi connectivity index (χ0n) is 18.5. The number of amides is 1. The molecule has 35 heavy (non-hydrogen) atoms. The molecule has 0 bridgehead atoms. The Kier molecular flexibility index (Phi) is 7.59. The summed E-state index contributed by atoms with van der Waals surface area (Å²) < 4.78 is 32.9. The molecule has 0 spiro atoms. The van der Waals surface area contributed by atoms with E-state index in [1.54, 1.807) is 23.6 Å². The van der Waals surface area contributed by atoms with E-state index in [9.17, 15) is 18.0 Å². The van der Waals surface area contributed by atoms with Crippen molar-refractivity contribution in [3.8, 4) is 0 Å². The first kappa shape index (κ1) is 24.2. The molecule has 0 atom stereocenters. The molecule has 1 amide bonds. The molecule has 0 saturated carbocycles. The quantitative estimate of drug-likeness (QED) is 0.323. The third kappa shape index (κ3) is 6.14. The Labute approximate surface area is 207 Å². The van der Waals surface area contributed by atoms with Gasteiger partial charge in [-0.15, -0.1) is 11.3 Å². The fourth-order valence-electron chi connectivity index (χ4n) is 3.42. The first-order chi connectivity index (χ1) is 16.9. The van der Waals surface area contributed by atoms with Gasteiger partial charge in [0.05, 0.1) is 17.3 Å². The van der Waals surface area contributed by atoms with Gasteiger partial charge in [-0.25, -0.2) is 13.2 Å². The molecule has 0 unspecified atom stereocenters. The molecule has 0 aliphatic rings. The number of para-hydroxylation sites is 1. The van der Waals surface area contributed by atoms with Gasteiger partial charge in [-0.2, -0.15) is 0 Å². The molecule has 178 valence electrons. The number of thiophene rings is 1. The average molecular weight is 507 g/mol. The van der Waals surface area contributed by atoms with Crippen LogP contribution in [0.2, 0.25) is 0 Å². The molecule has 0 aliphatic carbocycles. The van der Waals surface area contributed by atoms with E-state index in [1.165, 1.54) is 18.2 Å². The second kappa shape index (κ2) is 11.0. The van der Waals surface area contributed by atoms with Crippen LogP contribution in [0.15, 0.2) is 107 Å². The Morgan fingerprint density at radius 3 is 2.00 bits per heavy atom. The number of nitrogens with one attached hydrogen (secondary N) is 2. The maximum Gasteiger partial charge on any atom is 0.340 e. The average Bonchev–Trinajstić information content (AvgIpc) is 3.43. The number of carbonyl (C=O) groups is 2. The molecule has 0 fully saturated rings. The number of benzene rings is 3. The fourth-order valence-corrected chi connectivity index (χ4v) is 5.50. The molecular weight excluding hydrogens is 484 g/mol. The third-order valence-corrected chi connectivity index (χ3v) is 7.82. The van der Waals surface area contributed by atoms with E-state index >= 15 is 0 Å². The van der Waals surface area contributed by atoms with Crippen molar-refractivity contribution in [1.82, 2.24) is 5.32 Å².